The smallest absolute Gasteiger partial charge is 0.398 e. The third-order valence-corrected chi connectivity index (χ3v) is 7.22. The molecular formula is C15H27NO3SSi. The number of hydrogen-bond acceptors (Lipinski definition) is 5. The summed E-state index contributed by atoms with van der Waals surface area (Å²) in [4.78, 5) is 1.13. The number of rotatable bonds is 11. The molecule has 120 valence electrons. The number of anilines is 1. The van der Waals surface area contributed by atoms with Crippen LogP contribution in [0, 0.1) is 0 Å². The third-order valence-electron chi connectivity index (χ3n) is 2.90. The lowest BCUT2D eigenvalue weighted by Crippen LogP contribution is -2.46. The second kappa shape index (κ2) is 10.2. The van der Waals surface area contributed by atoms with Crippen molar-refractivity contribution in [1.82, 2.24) is 0 Å². The molecule has 0 aliphatic heterocycles. The molecule has 0 fully saturated rings. The second-order valence-electron chi connectivity index (χ2n) is 4.47. The highest BCUT2D eigenvalue weighted by molar-refractivity contribution is 7.99. The molecule has 0 bridgehead atoms. The fourth-order valence-corrected chi connectivity index (χ4v) is 5.87. The maximum absolute atomic E-state index is 5.95. The fraction of sp³-hybridized carbons (Fsp3) is 0.600. The molecular weight excluding hydrogens is 302 g/mol. The van der Waals surface area contributed by atoms with Gasteiger partial charge in [0.15, 0.2) is 0 Å². The Morgan fingerprint density at radius 3 is 2.10 bits per heavy atom. The van der Waals surface area contributed by atoms with Crippen LogP contribution < -0.4 is 5.73 Å². The summed E-state index contributed by atoms with van der Waals surface area (Å²) in [7, 11) is -2.49. The lowest BCUT2D eigenvalue weighted by molar-refractivity contribution is 0.0712. The van der Waals surface area contributed by atoms with Gasteiger partial charge in [-0.3, -0.25) is 0 Å². The van der Waals surface area contributed by atoms with E-state index in [4.69, 9.17) is 19.0 Å². The standard InChI is InChI=1S/C15H27NO3SSi/c1-4-17-21(18-5-2,19-6-3)13-9-12-20-15-11-8-7-10-14(15)16/h7-8,10-11H,4-6,9,12-13,16H2,1-3H3. The molecule has 0 aliphatic carbocycles. The molecule has 0 spiro atoms. The van der Waals surface area contributed by atoms with Gasteiger partial charge >= 0.3 is 8.80 Å². The van der Waals surface area contributed by atoms with E-state index in [9.17, 15) is 0 Å². The summed E-state index contributed by atoms with van der Waals surface area (Å²) >= 11 is 1.77. The molecule has 1 aromatic rings. The first-order valence-electron chi connectivity index (χ1n) is 7.56. The normalized spacial score (nSPS) is 11.8. The van der Waals surface area contributed by atoms with Crippen LogP contribution in [-0.4, -0.2) is 34.4 Å². The average molecular weight is 330 g/mol. The molecule has 0 radical (unpaired) electrons. The molecule has 2 N–H and O–H groups in total. The van der Waals surface area contributed by atoms with Crippen LogP contribution >= 0.6 is 11.8 Å². The zero-order valence-electron chi connectivity index (χ0n) is 13.3. The predicted octanol–water partition coefficient (Wildman–Crippen LogP) is 3.80. The minimum atomic E-state index is -2.49. The first-order valence-corrected chi connectivity index (χ1v) is 10.5. The summed E-state index contributed by atoms with van der Waals surface area (Å²) in [6, 6.07) is 8.80. The Morgan fingerprint density at radius 1 is 1.00 bits per heavy atom. The molecule has 0 saturated carbocycles. The minimum Gasteiger partial charge on any atom is -0.398 e. The van der Waals surface area contributed by atoms with Crippen LogP contribution in [0.25, 0.3) is 0 Å². The quantitative estimate of drug-likeness (QED) is 0.290. The van der Waals surface area contributed by atoms with Crippen molar-refractivity contribution in [3.63, 3.8) is 0 Å². The molecule has 1 aromatic carbocycles. The molecule has 4 nitrogen and oxygen atoms in total. The third kappa shape index (κ3) is 6.40. The fourth-order valence-electron chi connectivity index (χ4n) is 2.08. The van der Waals surface area contributed by atoms with E-state index in [0.29, 0.717) is 19.8 Å². The van der Waals surface area contributed by atoms with Gasteiger partial charge in [0.05, 0.1) is 0 Å². The van der Waals surface area contributed by atoms with Crippen LogP contribution in [0.2, 0.25) is 6.04 Å². The molecule has 0 aromatic heterocycles. The summed E-state index contributed by atoms with van der Waals surface area (Å²) in [5, 5.41) is 0. The van der Waals surface area contributed by atoms with E-state index in [1.54, 1.807) is 11.8 Å². The Bertz CT molecular complexity index is 389. The van der Waals surface area contributed by atoms with Gasteiger partial charge in [0.2, 0.25) is 0 Å². The van der Waals surface area contributed by atoms with Gasteiger partial charge in [-0.1, -0.05) is 12.1 Å². The number of para-hydroxylation sites is 1. The maximum Gasteiger partial charge on any atom is 0.500 e. The second-order valence-corrected chi connectivity index (χ2v) is 8.34. The van der Waals surface area contributed by atoms with Crippen LogP contribution in [-0.2, 0) is 13.3 Å². The van der Waals surface area contributed by atoms with Crippen LogP contribution in [0.1, 0.15) is 27.2 Å². The van der Waals surface area contributed by atoms with Crippen molar-refractivity contribution in [2.45, 2.75) is 38.1 Å². The highest BCUT2D eigenvalue weighted by atomic mass is 32.2. The zero-order chi connectivity index (χ0) is 15.6. The van der Waals surface area contributed by atoms with Crippen LogP contribution in [0.5, 0.6) is 0 Å². The van der Waals surface area contributed by atoms with E-state index in [2.05, 4.69) is 6.07 Å². The predicted molar refractivity (Wildman–Crippen MR) is 91.6 cm³/mol. The first kappa shape index (κ1) is 18.5. The molecule has 0 atom stereocenters. The molecule has 0 saturated heterocycles. The van der Waals surface area contributed by atoms with E-state index in [0.717, 1.165) is 28.8 Å². The number of benzene rings is 1. The van der Waals surface area contributed by atoms with Gasteiger partial charge in [-0.05, 0) is 45.1 Å². The van der Waals surface area contributed by atoms with Crippen LogP contribution in [0.4, 0.5) is 5.69 Å². The highest BCUT2D eigenvalue weighted by Crippen LogP contribution is 2.27. The Labute approximate surface area is 133 Å². The van der Waals surface area contributed by atoms with Crippen molar-refractivity contribution in [2.24, 2.45) is 0 Å². The summed E-state index contributed by atoms with van der Waals surface area (Å²) < 4.78 is 17.5. The van der Waals surface area contributed by atoms with Crippen molar-refractivity contribution in [3.8, 4) is 0 Å². The Morgan fingerprint density at radius 2 is 1.57 bits per heavy atom. The van der Waals surface area contributed by atoms with Gasteiger partial charge in [-0.2, -0.15) is 0 Å². The Kier molecular flexibility index (Phi) is 9.03. The molecule has 0 aliphatic rings. The summed E-state index contributed by atoms with van der Waals surface area (Å²) in [5.41, 5.74) is 6.78. The van der Waals surface area contributed by atoms with Gasteiger partial charge in [0, 0.05) is 36.4 Å². The lowest BCUT2D eigenvalue weighted by atomic mass is 10.3. The topological polar surface area (TPSA) is 53.7 Å². The van der Waals surface area contributed by atoms with E-state index in [1.807, 2.05) is 39.0 Å². The number of hydrogen-bond donors (Lipinski definition) is 1. The highest BCUT2D eigenvalue weighted by Gasteiger charge is 2.39. The average Bonchev–Trinajstić information content (AvgIpc) is 2.46. The van der Waals surface area contributed by atoms with E-state index < -0.39 is 8.80 Å². The summed E-state index contributed by atoms with van der Waals surface area (Å²) in [5.74, 6) is 0.982. The van der Waals surface area contributed by atoms with Crippen LogP contribution in [0.3, 0.4) is 0 Å². The van der Waals surface area contributed by atoms with Gasteiger partial charge in [-0.25, -0.2) is 0 Å². The van der Waals surface area contributed by atoms with Gasteiger partial charge in [0.1, 0.15) is 0 Å². The largest absolute Gasteiger partial charge is 0.500 e. The Balaban J connectivity index is 2.47. The van der Waals surface area contributed by atoms with Crippen molar-refractivity contribution < 1.29 is 13.3 Å². The van der Waals surface area contributed by atoms with Gasteiger partial charge in [-0.15, -0.1) is 11.8 Å². The number of nitrogens with two attached hydrogens (primary N) is 1. The van der Waals surface area contributed by atoms with Gasteiger partial charge < -0.3 is 19.0 Å². The summed E-state index contributed by atoms with van der Waals surface area (Å²) in [6.45, 7) is 7.85. The first-order chi connectivity index (χ1) is 10.2. The zero-order valence-corrected chi connectivity index (χ0v) is 15.1. The lowest BCUT2D eigenvalue weighted by Gasteiger charge is -2.28. The molecule has 1 rings (SSSR count). The molecule has 21 heavy (non-hydrogen) atoms. The molecule has 0 unspecified atom stereocenters. The molecule has 6 heteroatoms. The summed E-state index contributed by atoms with van der Waals surface area (Å²) in [6.07, 6.45) is 0.991. The SMILES string of the molecule is CCO[Si](CCCSc1ccccc1N)(OCC)OCC. The van der Waals surface area contributed by atoms with E-state index in [-0.39, 0.29) is 0 Å². The van der Waals surface area contributed by atoms with Gasteiger partial charge in [0.25, 0.3) is 0 Å². The van der Waals surface area contributed by atoms with Crippen molar-refractivity contribution in [1.29, 1.82) is 0 Å². The van der Waals surface area contributed by atoms with E-state index in [1.165, 1.54) is 0 Å². The Hall–Kier alpha value is -0.533. The maximum atomic E-state index is 5.95. The monoisotopic (exact) mass is 329 g/mol. The minimum absolute atomic E-state index is 0.630. The molecule has 0 heterocycles. The number of thioether (sulfide) groups is 1. The number of nitrogen functional groups attached to an aromatic ring is 1. The van der Waals surface area contributed by atoms with Crippen LogP contribution in [0.15, 0.2) is 29.2 Å². The van der Waals surface area contributed by atoms with Crippen molar-refractivity contribution >= 4 is 26.3 Å². The van der Waals surface area contributed by atoms with E-state index >= 15 is 0 Å². The molecule has 0 amide bonds. The van der Waals surface area contributed by atoms with Crippen molar-refractivity contribution in [3.05, 3.63) is 24.3 Å². The van der Waals surface area contributed by atoms with Crippen molar-refractivity contribution in [2.75, 3.05) is 31.3 Å².